The van der Waals surface area contributed by atoms with Crippen LogP contribution in [0.25, 0.3) is 0 Å². The fourth-order valence-electron chi connectivity index (χ4n) is 0.695. The number of alkyl halides is 3. The SMILES string of the molecule is Cc1n[c]cc(COC(F)(F)F)n1. The summed E-state index contributed by atoms with van der Waals surface area (Å²) in [4.78, 5) is 7.32. The molecule has 0 unspecified atom stereocenters. The van der Waals surface area contributed by atoms with E-state index in [-0.39, 0.29) is 5.69 Å². The van der Waals surface area contributed by atoms with Crippen LogP contribution in [0.1, 0.15) is 11.5 Å². The summed E-state index contributed by atoms with van der Waals surface area (Å²) < 4.78 is 38.3. The molecule has 0 saturated heterocycles. The molecule has 0 N–H and O–H groups in total. The third kappa shape index (κ3) is 3.84. The number of rotatable bonds is 2. The van der Waals surface area contributed by atoms with Crippen LogP contribution in [0.5, 0.6) is 0 Å². The Morgan fingerprint density at radius 3 is 2.77 bits per heavy atom. The molecule has 0 spiro atoms. The zero-order valence-electron chi connectivity index (χ0n) is 6.72. The molecular formula is C7H6F3N2O. The lowest BCUT2D eigenvalue weighted by Crippen LogP contribution is -2.13. The molecule has 0 bridgehead atoms. The van der Waals surface area contributed by atoms with Crippen LogP contribution in [0.15, 0.2) is 6.07 Å². The van der Waals surface area contributed by atoms with Gasteiger partial charge in [-0.25, -0.2) is 9.97 Å². The number of hydrogen-bond acceptors (Lipinski definition) is 3. The van der Waals surface area contributed by atoms with Crippen LogP contribution < -0.4 is 0 Å². The highest BCUT2D eigenvalue weighted by molar-refractivity contribution is 4.98. The van der Waals surface area contributed by atoms with Gasteiger partial charge >= 0.3 is 6.36 Å². The number of halogens is 3. The van der Waals surface area contributed by atoms with Gasteiger partial charge in [-0.05, 0) is 13.0 Å². The van der Waals surface area contributed by atoms with Crippen LogP contribution >= 0.6 is 0 Å². The summed E-state index contributed by atoms with van der Waals surface area (Å²) in [6, 6.07) is 1.25. The van der Waals surface area contributed by atoms with Gasteiger partial charge in [0.25, 0.3) is 0 Å². The number of ether oxygens (including phenoxy) is 1. The van der Waals surface area contributed by atoms with E-state index in [4.69, 9.17) is 0 Å². The van der Waals surface area contributed by atoms with Crippen LogP contribution in [0.2, 0.25) is 0 Å². The zero-order valence-corrected chi connectivity index (χ0v) is 6.72. The number of aryl methyl sites for hydroxylation is 1. The van der Waals surface area contributed by atoms with Crippen molar-refractivity contribution in [2.45, 2.75) is 19.9 Å². The topological polar surface area (TPSA) is 35.0 Å². The molecule has 0 aliphatic heterocycles. The molecule has 1 rings (SSSR count). The largest absolute Gasteiger partial charge is 0.522 e. The molecule has 1 aromatic rings. The fraction of sp³-hybridized carbons (Fsp3) is 0.429. The van der Waals surface area contributed by atoms with E-state index in [1.807, 2.05) is 0 Å². The average molecular weight is 191 g/mol. The Morgan fingerprint density at radius 2 is 2.23 bits per heavy atom. The Balaban J connectivity index is 2.55. The van der Waals surface area contributed by atoms with Crippen molar-refractivity contribution >= 4 is 0 Å². The van der Waals surface area contributed by atoms with Gasteiger partial charge in [-0.1, -0.05) is 0 Å². The van der Waals surface area contributed by atoms with Crippen LogP contribution in [0.3, 0.4) is 0 Å². The van der Waals surface area contributed by atoms with Crippen molar-refractivity contribution in [2.75, 3.05) is 0 Å². The highest BCUT2D eigenvalue weighted by Crippen LogP contribution is 2.17. The van der Waals surface area contributed by atoms with Crippen LogP contribution in [0.4, 0.5) is 13.2 Å². The summed E-state index contributed by atoms with van der Waals surface area (Å²) in [7, 11) is 0. The van der Waals surface area contributed by atoms with Crippen LogP contribution in [-0.4, -0.2) is 16.3 Å². The Morgan fingerprint density at radius 1 is 1.54 bits per heavy atom. The van der Waals surface area contributed by atoms with E-state index < -0.39 is 13.0 Å². The van der Waals surface area contributed by atoms with E-state index >= 15 is 0 Å². The third-order valence-corrected chi connectivity index (χ3v) is 1.15. The highest BCUT2D eigenvalue weighted by Gasteiger charge is 2.29. The van der Waals surface area contributed by atoms with Crippen molar-refractivity contribution in [1.29, 1.82) is 0 Å². The van der Waals surface area contributed by atoms with E-state index in [1.165, 1.54) is 6.07 Å². The van der Waals surface area contributed by atoms with Crippen LogP contribution in [0, 0.1) is 13.1 Å². The summed E-state index contributed by atoms with van der Waals surface area (Å²) in [6.45, 7) is 0.955. The first-order valence-electron chi connectivity index (χ1n) is 3.39. The Labute approximate surface area is 72.6 Å². The summed E-state index contributed by atoms with van der Waals surface area (Å²) >= 11 is 0. The van der Waals surface area contributed by atoms with Crippen molar-refractivity contribution in [3.63, 3.8) is 0 Å². The molecule has 0 atom stereocenters. The molecule has 6 heteroatoms. The van der Waals surface area contributed by atoms with Crippen LogP contribution in [-0.2, 0) is 11.3 Å². The van der Waals surface area contributed by atoms with Gasteiger partial charge in [-0.3, -0.25) is 4.74 Å². The third-order valence-electron chi connectivity index (χ3n) is 1.15. The van der Waals surface area contributed by atoms with Gasteiger partial charge in [-0.15, -0.1) is 13.2 Å². The summed E-state index contributed by atoms with van der Waals surface area (Å²) in [6.07, 6.45) is -2.22. The molecule has 0 fully saturated rings. The Hall–Kier alpha value is -1.17. The summed E-state index contributed by atoms with van der Waals surface area (Å²) in [5.41, 5.74) is 0.157. The molecular weight excluding hydrogens is 185 g/mol. The first-order chi connectivity index (χ1) is 5.97. The standard InChI is InChI=1S/C7H6F3N2O/c1-5-11-3-2-6(12-5)4-13-7(8,9)10/h2H,4H2,1H3. The maximum absolute atomic E-state index is 11.6. The molecule has 71 valence electrons. The summed E-state index contributed by atoms with van der Waals surface area (Å²) in [5.74, 6) is 0.364. The van der Waals surface area contributed by atoms with Gasteiger partial charge in [0, 0.05) is 0 Å². The molecule has 1 heterocycles. The zero-order chi connectivity index (χ0) is 9.90. The van der Waals surface area contributed by atoms with Gasteiger partial charge in [-0.2, -0.15) is 0 Å². The van der Waals surface area contributed by atoms with Gasteiger partial charge in [0.2, 0.25) is 0 Å². The second-order valence-electron chi connectivity index (χ2n) is 2.27. The Kier molecular flexibility index (Phi) is 2.82. The number of nitrogens with zero attached hydrogens (tertiary/aromatic N) is 2. The summed E-state index contributed by atoms with van der Waals surface area (Å²) in [5, 5.41) is 0. The van der Waals surface area contributed by atoms with Crippen molar-refractivity contribution in [3.05, 3.63) is 23.8 Å². The molecule has 13 heavy (non-hydrogen) atoms. The maximum Gasteiger partial charge on any atom is 0.522 e. The van der Waals surface area contributed by atoms with Crippen molar-refractivity contribution in [2.24, 2.45) is 0 Å². The second kappa shape index (κ2) is 3.69. The fourth-order valence-corrected chi connectivity index (χ4v) is 0.695. The normalized spacial score (nSPS) is 11.7. The lowest BCUT2D eigenvalue weighted by molar-refractivity contribution is -0.330. The maximum atomic E-state index is 11.6. The van der Waals surface area contributed by atoms with E-state index in [2.05, 4.69) is 20.9 Å². The smallest absolute Gasteiger partial charge is 0.285 e. The molecule has 1 aromatic heterocycles. The van der Waals surface area contributed by atoms with Crippen molar-refractivity contribution in [3.8, 4) is 0 Å². The first kappa shape index (κ1) is 9.91. The molecule has 0 aromatic carbocycles. The Bertz CT molecular complexity index is 287. The van der Waals surface area contributed by atoms with Crippen molar-refractivity contribution in [1.82, 2.24) is 9.97 Å². The van der Waals surface area contributed by atoms with Crippen molar-refractivity contribution < 1.29 is 17.9 Å². The van der Waals surface area contributed by atoms with Gasteiger partial charge in [0.1, 0.15) is 5.82 Å². The molecule has 0 amide bonds. The predicted molar refractivity (Wildman–Crippen MR) is 36.4 cm³/mol. The second-order valence-corrected chi connectivity index (χ2v) is 2.27. The predicted octanol–water partition coefficient (Wildman–Crippen LogP) is 1.62. The molecule has 0 aliphatic rings. The van der Waals surface area contributed by atoms with Gasteiger partial charge in [0.05, 0.1) is 18.5 Å². The minimum atomic E-state index is -4.63. The monoisotopic (exact) mass is 191 g/mol. The average Bonchev–Trinajstić information content (AvgIpc) is 2.00. The number of aromatic nitrogens is 2. The quantitative estimate of drug-likeness (QED) is 0.712. The van der Waals surface area contributed by atoms with Gasteiger partial charge in [0.15, 0.2) is 0 Å². The van der Waals surface area contributed by atoms with Gasteiger partial charge < -0.3 is 0 Å². The van der Waals surface area contributed by atoms with E-state index in [9.17, 15) is 13.2 Å². The first-order valence-corrected chi connectivity index (χ1v) is 3.39. The molecule has 0 saturated carbocycles. The highest BCUT2D eigenvalue weighted by atomic mass is 19.4. The minimum absolute atomic E-state index is 0.157. The van der Waals surface area contributed by atoms with E-state index in [0.717, 1.165) is 0 Å². The molecule has 0 aliphatic carbocycles. The lowest BCUT2D eigenvalue weighted by atomic mass is 10.4. The lowest BCUT2D eigenvalue weighted by Gasteiger charge is -2.06. The minimum Gasteiger partial charge on any atom is -0.285 e. The molecule has 3 nitrogen and oxygen atoms in total. The van der Waals surface area contributed by atoms with E-state index in [0.29, 0.717) is 5.82 Å². The molecule has 1 radical (unpaired) electrons. The number of hydrogen-bond donors (Lipinski definition) is 0. The van der Waals surface area contributed by atoms with E-state index in [1.54, 1.807) is 6.92 Å².